The van der Waals surface area contributed by atoms with Crippen LogP contribution in [0.25, 0.3) is 0 Å². The van der Waals surface area contributed by atoms with Crippen LogP contribution in [-0.4, -0.2) is 31.0 Å². The Morgan fingerprint density at radius 3 is 2.22 bits per heavy atom. The Labute approximate surface area is 244 Å². The van der Waals surface area contributed by atoms with Gasteiger partial charge >= 0.3 is 22.5 Å². The zero-order chi connectivity index (χ0) is 30.6. The summed E-state index contributed by atoms with van der Waals surface area (Å²) in [7, 11) is -4.55. The number of carbonyl (C=O) groups is 2. The van der Waals surface area contributed by atoms with Crippen LogP contribution in [0.2, 0.25) is 10.0 Å². The molecule has 2 aromatic carbocycles. The second-order valence-electron chi connectivity index (χ2n) is 9.61. The second kappa shape index (κ2) is 12.5. The lowest BCUT2D eigenvalue weighted by atomic mass is 10.1. The van der Waals surface area contributed by atoms with Crippen LogP contribution in [0.15, 0.2) is 60.8 Å². The van der Waals surface area contributed by atoms with Crippen LogP contribution in [0.1, 0.15) is 48.0 Å². The van der Waals surface area contributed by atoms with E-state index in [1.807, 2.05) is 4.72 Å². The molecule has 1 heterocycles. The molecule has 9 nitrogen and oxygen atoms in total. The first kappa shape index (κ1) is 32.0. The zero-order valence-corrected chi connectivity index (χ0v) is 24.2. The number of nitrogens with zero attached hydrogens (tertiary/aromatic N) is 2. The highest BCUT2D eigenvalue weighted by molar-refractivity contribution is 7.91. The maximum absolute atomic E-state index is 13.3. The van der Waals surface area contributed by atoms with Gasteiger partial charge in [0.05, 0.1) is 22.3 Å². The zero-order valence-electron chi connectivity index (χ0n) is 21.9. The molecule has 0 saturated carbocycles. The summed E-state index contributed by atoms with van der Waals surface area (Å²) in [6.07, 6.45) is -4.77. The van der Waals surface area contributed by atoms with Crippen molar-refractivity contribution in [1.82, 2.24) is 15.0 Å². The molecule has 41 heavy (non-hydrogen) atoms. The fourth-order valence-corrected chi connectivity index (χ4v) is 4.81. The van der Waals surface area contributed by atoms with Crippen molar-refractivity contribution in [3.8, 4) is 0 Å². The predicted octanol–water partition coefficient (Wildman–Crippen LogP) is 6.11. The predicted molar refractivity (Wildman–Crippen MR) is 148 cm³/mol. The molecule has 0 fully saturated rings. The van der Waals surface area contributed by atoms with Crippen molar-refractivity contribution in [1.29, 1.82) is 0 Å². The van der Waals surface area contributed by atoms with Gasteiger partial charge in [-0.1, -0.05) is 41.4 Å². The number of ether oxygens (including phenoxy) is 1. The van der Waals surface area contributed by atoms with Crippen molar-refractivity contribution in [2.75, 3.05) is 4.31 Å². The van der Waals surface area contributed by atoms with Crippen LogP contribution < -0.4 is 14.3 Å². The van der Waals surface area contributed by atoms with Gasteiger partial charge in [-0.2, -0.15) is 21.6 Å². The van der Waals surface area contributed by atoms with Crippen LogP contribution in [-0.2, 0) is 34.2 Å². The minimum absolute atomic E-state index is 0.0700. The third-order valence-electron chi connectivity index (χ3n) is 5.23. The number of carbonyl (C=O) groups excluding carboxylic acids is 2. The topological polar surface area (TPSA) is 118 Å². The number of anilines is 1. The molecule has 0 aliphatic heterocycles. The maximum Gasteiger partial charge on any atom is 0.433 e. The molecule has 15 heteroatoms. The van der Waals surface area contributed by atoms with E-state index < -0.39 is 39.7 Å². The van der Waals surface area contributed by atoms with E-state index in [2.05, 4.69) is 10.3 Å². The molecule has 0 radical (unpaired) electrons. The van der Waals surface area contributed by atoms with Gasteiger partial charge in [0.1, 0.15) is 11.3 Å². The van der Waals surface area contributed by atoms with Crippen molar-refractivity contribution in [3.63, 3.8) is 0 Å². The minimum atomic E-state index is -4.58. The van der Waals surface area contributed by atoms with Crippen molar-refractivity contribution in [2.24, 2.45) is 0 Å². The maximum atomic E-state index is 13.3. The smallest absolute Gasteiger partial charge is 0.433 e. The van der Waals surface area contributed by atoms with E-state index >= 15 is 0 Å². The molecule has 3 aromatic rings. The number of pyridine rings is 1. The first-order valence-electron chi connectivity index (χ1n) is 11.8. The van der Waals surface area contributed by atoms with Gasteiger partial charge < -0.3 is 10.1 Å². The molecule has 1 aromatic heterocycles. The first-order chi connectivity index (χ1) is 19.0. The van der Waals surface area contributed by atoms with E-state index in [0.29, 0.717) is 11.1 Å². The lowest BCUT2D eigenvalue weighted by Gasteiger charge is -2.26. The normalized spacial score (nSPS) is 12.0. The van der Waals surface area contributed by atoms with Crippen molar-refractivity contribution in [2.45, 2.75) is 45.6 Å². The number of alkyl halides is 3. The van der Waals surface area contributed by atoms with Gasteiger partial charge in [-0.15, -0.1) is 0 Å². The molecule has 2 N–H and O–H groups in total. The summed E-state index contributed by atoms with van der Waals surface area (Å²) in [5, 5.41) is 2.86. The number of nitrogens with one attached hydrogen (secondary N) is 2. The average molecular weight is 633 g/mol. The Bertz CT molecular complexity index is 1510. The van der Waals surface area contributed by atoms with Crippen LogP contribution in [0.5, 0.6) is 0 Å². The number of halogens is 5. The van der Waals surface area contributed by atoms with Gasteiger partial charge in [0, 0.05) is 18.3 Å². The highest BCUT2D eigenvalue weighted by Crippen LogP contribution is 2.30. The standard InChI is InChI=1S/C26H25Cl2F3N4O5S/c1-25(2,3)40-24(37)34-41(38,39)35(15-18-5-4-6-20(27)22(18)28)19-10-8-17(9-11-19)23(36)33-14-16-7-12-21(32-13-16)26(29,30)31/h4-13H,14-15H2,1-3H3,(H,33,36)(H,34,37). The Morgan fingerprint density at radius 1 is 1.00 bits per heavy atom. The molecule has 0 atom stereocenters. The third-order valence-corrected chi connectivity index (χ3v) is 7.44. The average Bonchev–Trinajstić information content (AvgIpc) is 2.86. The van der Waals surface area contributed by atoms with E-state index in [-0.39, 0.29) is 34.4 Å². The lowest BCUT2D eigenvalue weighted by molar-refractivity contribution is -0.141. The number of hydrogen-bond donors (Lipinski definition) is 2. The van der Waals surface area contributed by atoms with Crippen molar-refractivity contribution >= 4 is 51.1 Å². The largest absolute Gasteiger partial charge is 0.443 e. The molecular weight excluding hydrogens is 608 g/mol. The van der Waals surface area contributed by atoms with Gasteiger partial charge in [0.15, 0.2) is 0 Å². The van der Waals surface area contributed by atoms with E-state index in [0.717, 1.165) is 16.6 Å². The molecule has 0 spiro atoms. The van der Waals surface area contributed by atoms with Gasteiger partial charge in [0.2, 0.25) is 0 Å². The number of amides is 2. The number of rotatable bonds is 8. The molecule has 0 aliphatic carbocycles. The van der Waals surface area contributed by atoms with Gasteiger partial charge in [-0.3, -0.25) is 9.78 Å². The van der Waals surface area contributed by atoms with Crippen molar-refractivity contribution < 1.29 is 35.9 Å². The van der Waals surface area contributed by atoms with Crippen LogP contribution in [0, 0.1) is 0 Å². The summed E-state index contributed by atoms with van der Waals surface area (Å²) in [4.78, 5) is 28.3. The Morgan fingerprint density at radius 2 is 1.66 bits per heavy atom. The highest BCUT2D eigenvalue weighted by atomic mass is 35.5. The molecular formula is C26H25Cl2F3N4O5S. The Balaban J connectivity index is 1.82. The molecule has 0 aliphatic rings. The summed E-state index contributed by atoms with van der Waals surface area (Å²) in [6, 6.07) is 12.0. The highest BCUT2D eigenvalue weighted by Gasteiger charge is 2.32. The van der Waals surface area contributed by atoms with E-state index in [9.17, 15) is 31.2 Å². The van der Waals surface area contributed by atoms with E-state index in [1.54, 1.807) is 32.9 Å². The summed E-state index contributed by atoms with van der Waals surface area (Å²) in [5.41, 5.74) is -1.14. The quantitative estimate of drug-likeness (QED) is 0.309. The molecule has 3 rings (SSSR count). The fourth-order valence-electron chi connectivity index (χ4n) is 3.36. The third kappa shape index (κ3) is 8.97. The SMILES string of the molecule is CC(C)(C)OC(=O)NS(=O)(=O)N(Cc1cccc(Cl)c1Cl)c1ccc(C(=O)NCc2ccc(C(F)(F)F)nc2)cc1. The number of hydrogen-bond acceptors (Lipinski definition) is 6. The second-order valence-corrected chi connectivity index (χ2v) is 12.0. The van der Waals surface area contributed by atoms with Gasteiger partial charge in [-0.25, -0.2) is 13.8 Å². The van der Waals surface area contributed by atoms with Crippen LogP contribution in [0.3, 0.4) is 0 Å². The molecule has 0 unspecified atom stereocenters. The Kier molecular flexibility index (Phi) is 9.77. The van der Waals surface area contributed by atoms with Crippen molar-refractivity contribution in [3.05, 3.63) is 93.2 Å². The fraction of sp³-hybridized carbons (Fsp3) is 0.269. The first-order valence-corrected chi connectivity index (χ1v) is 14.0. The Hall–Kier alpha value is -3.55. The summed E-state index contributed by atoms with van der Waals surface area (Å²) < 4.78 is 72.4. The molecule has 0 saturated heterocycles. The lowest BCUT2D eigenvalue weighted by Crippen LogP contribution is -2.45. The van der Waals surface area contributed by atoms with Crippen LogP contribution >= 0.6 is 23.2 Å². The molecule has 220 valence electrons. The summed E-state index contributed by atoms with van der Waals surface area (Å²) >= 11 is 12.4. The molecule has 0 bridgehead atoms. The minimum Gasteiger partial charge on any atom is -0.443 e. The van der Waals surface area contributed by atoms with Gasteiger partial charge in [0.25, 0.3) is 5.91 Å². The monoisotopic (exact) mass is 632 g/mol. The van der Waals surface area contributed by atoms with E-state index in [1.165, 1.54) is 36.4 Å². The van der Waals surface area contributed by atoms with Crippen LogP contribution in [0.4, 0.5) is 23.7 Å². The number of aromatic nitrogens is 1. The molecule has 2 amide bonds. The summed E-state index contributed by atoms with van der Waals surface area (Å²) in [6.45, 7) is 4.28. The van der Waals surface area contributed by atoms with Gasteiger partial charge in [-0.05, 0) is 68.3 Å². The number of benzene rings is 2. The summed E-state index contributed by atoms with van der Waals surface area (Å²) in [5.74, 6) is -0.573. The van der Waals surface area contributed by atoms with E-state index in [4.69, 9.17) is 27.9 Å².